The van der Waals surface area contributed by atoms with Crippen LogP contribution < -0.4 is 5.32 Å². The zero-order valence-corrected chi connectivity index (χ0v) is 11.2. The fourth-order valence-corrected chi connectivity index (χ4v) is 1.77. The third kappa shape index (κ3) is 4.73. The lowest BCUT2D eigenvalue weighted by Gasteiger charge is -2.11. The van der Waals surface area contributed by atoms with Crippen LogP contribution >= 0.6 is 15.9 Å². The molecule has 1 atom stereocenters. The molecule has 0 aliphatic carbocycles. The van der Waals surface area contributed by atoms with Crippen LogP contribution in [0.15, 0.2) is 22.7 Å². The molecular weight excluding hydrogens is 284 g/mol. The second kappa shape index (κ2) is 7.28. The Balaban J connectivity index is 2.50. The van der Waals surface area contributed by atoms with Gasteiger partial charge in [0.1, 0.15) is 6.07 Å². The first-order valence-corrected chi connectivity index (χ1v) is 6.07. The molecule has 0 aliphatic rings. The van der Waals surface area contributed by atoms with Gasteiger partial charge in [-0.25, -0.2) is 0 Å². The van der Waals surface area contributed by atoms with Crippen molar-refractivity contribution in [1.29, 1.82) is 5.26 Å². The van der Waals surface area contributed by atoms with Gasteiger partial charge in [0.15, 0.2) is 0 Å². The maximum absolute atomic E-state index is 9.46. The predicted molar refractivity (Wildman–Crippen MR) is 69.8 cm³/mol. The minimum atomic E-state index is -0.478. The summed E-state index contributed by atoms with van der Waals surface area (Å²) < 4.78 is 5.70. The number of nitriles is 1. The fraction of sp³-hybridized carbons (Fsp3) is 0.417. The van der Waals surface area contributed by atoms with Crippen LogP contribution in [-0.4, -0.2) is 31.5 Å². The van der Waals surface area contributed by atoms with Gasteiger partial charge in [-0.05, 0) is 24.6 Å². The van der Waals surface area contributed by atoms with Crippen molar-refractivity contribution in [3.05, 3.63) is 28.2 Å². The highest BCUT2D eigenvalue weighted by Gasteiger charge is 2.05. The summed E-state index contributed by atoms with van der Waals surface area (Å²) in [5, 5.41) is 21.5. The molecule has 0 saturated heterocycles. The Kier molecular flexibility index (Phi) is 5.98. The number of halogens is 1. The van der Waals surface area contributed by atoms with Crippen molar-refractivity contribution in [3.63, 3.8) is 0 Å². The number of hydrogen-bond donors (Lipinski definition) is 2. The molecule has 0 amide bonds. The summed E-state index contributed by atoms with van der Waals surface area (Å²) in [5.74, 6) is 0. The molecule has 0 fully saturated rings. The van der Waals surface area contributed by atoms with E-state index in [0.717, 1.165) is 10.2 Å². The fourth-order valence-electron chi connectivity index (χ4n) is 1.41. The number of nitrogens with one attached hydrogen (secondary N) is 1. The summed E-state index contributed by atoms with van der Waals surface area (Å²) in [5.41, 5.74) is 1.36. The van der Waals surface area contributed by atoms with Crippen molar-refractivity contribution in [1.82, 2.24) is 0 Å². The summed E-state index contributed by atoms with van der Waals surface area (Å²) in [4.78, 5) is 0. The van der Waals surface area contributed by atoms with Gasteiger partial charge in [-0.3, -0.25) is 0 Å². The molecule has 0 aliphatic heterocycles. The van der Waals surface area contributed by atoms with Crippen molar-refractivity contribution in [2.24, 2.45) is 0 Å². The molecule has 0 aromatic heterocycles. The number of rotatable bonds is 6. The van der Waals surface area contributed by atoms with Crippen molar-refractivity contribution < 1.29 is 9.84 Å². The Hall–Kier alpha value is -1.09. The molecule has 1 aromatic carbocycles. The van der Waals surface area contributed by atoms with Crippen LogP contribution in [0.5, 0.6) is 0 Å². The van der Waals surface area contributed by atoms with Gasteiger partial charge in [0.25, 0.3) is 0 Å². The van der Waals surface area contributed by atoms with Gasteiger partial charge in [0, 0.05) is 18.1 Å². The van der Waals surface area contributed by atoms with Crippen molar-refractivity contribution in [3.8, 4) is 6.07 Å². The van der Waals surface area contributed by atoms with Gasteiger partial charge in [-0.2, -0.15) is 5.26 Å². The molecular formula is C12H15BrN2O2. The van der Waals surface area contributed by atoms with Gasteiger partial charge >= 0.3 is 0 Å². The molecule has 1 aromatic rings. The van der Waals surface area contributed by atoms with E-state index >= 15 is 0 Å². The van der Waals surface area contributed by atoms with Crippen molar-refractivity contribution in [2.75, 3.05) is 25.6 Å². The van der Waals surface area contributed by atoms with Gasteiger partial charge in [-0.1, -0.05) is 15.9 Å². The lowest BCUT2D eigenvalue weighted by Crippen LogP contribution is -2.18. The molecule has 0 spiro atoms. The number of benzene rings is 1. The van der Waals surface area contributed by atoms with E-state index in [2.05, 4.69) is 27.3 Å². The number of anilines is 1. The lowest BCUT2D eigenvalue weighted by atomic mass is 10.2. The summed E-state index contributed by atoms with van der Waals surface area (Å²) in [6, 6.07) is 7.59. The summed E-state index contributed by atoms with van der Waals surface area (Å²) in [6.45, 7) is 0.925. The van der Waals surface area contributed by atoms with E-state index in [4.69, 9.17) is 10.00 Å². The van der Waals surface area contributed by atoms with Crippen LogP contribution in [-0.2, 0) is 4.74 Å². The molecule has 17 heavy (non-hydrogen) atoms. The number of aliphatic hydroxyl groups is 1. The first-order valence-electron chi connectivity index (χ1n) is 5.28. The highest BCUT2D eigenvalue weighted by molar-refractivity contribution is 9.10. The standard InChI is InChI=1S/C12H15BrN2O2/c1-17-8-11(16)4-5-15-12-3-2-10(13)6-9(12)7-14/h2-3,6,11,15-16H,4-5,8H2,1H3/t11-/m1/s1. The van der Waals surface area contributed by atoms with Gasteiger partial charge in [-0.15, -0.1) is 0 Å². The Labute approximate surface area is 109 Å². The molecule has 0 saturated carbocycles. The number of ether oxygens (including phenoxy) is 1. The quantitative estimate of drug-likeness (QED) is 0.844. The molecule has 4 nitrogen and oxygen atoms in total. The second-order valence-electron chi connectivity index (χ2n) is 3.63. The van der Waals surface area contributed by atoms with E-state index in [9.17, 15) is 5.11 Å². The number of hydrogen-bond acceptors (Lipinski definition) is 4. The third-order valence-electron chi connectivity index (χ3n) is 2.25. The Bertz CT molecular complexity index is 404. The maximum atomic E-state index is 9.46. The largest absolute Gasteiger partial charge is 0.391 e. The minimum absolute atomic E-state index is 0.327. The van der Waals surface area contributed by atoms with Crippen LogP contribution in [0.25, 0.3) is 0 Å². The predicted octanol–water partition coefficient (Wildman–Crippen LogP) is 2.13. The summed E-state index contributed by atoms with van der Waals surface area (Å²) >= 11 is 3.31. The van der Waals surface area contributed by atoms with Crippen LogP contribution in [0, 0.1) is 11.3 Å². The Morgan fingerprint density at radius 1 is 1.59 bits per heavy atom. The van der Waals surface area contributed by atoms with Crippen molar-refractivity contribution >= 4 is 21.6 Å². The second-order valence-corrected chi connectivity index (χ2v) is 4.54. The molecule has 5 heteroatoms. The molecule has 92 valence electrons. The Morgan fingerprint density at radius 3 is 3.00 bits per heavy atom. The number of nitrogens with zero attached hydrogens (tertiary/aromatic N) is 1. The maximum Gasteiger partial charge on any atom is 0.101 e. The average Bonchev–Trinajstić information content (AvgIpc) is 2.31. The van der Waals surface area contributed by atoms with E-state index < -0.39 is 6.10 Å². The first-order chi connectivity index (χ1) is 8.17. The van der Waals surface area contributed by atoms with Crippen LogP contribution in [0.3, 0.4) is 0 Å². The minimum Gasteiger partial charge on any atom is -0.391 e. The summed E-state index contributed by atoms with van der Waals surface area (Å²) in [6.07, 6.45) is 0.0999. The SMILES string of the molecule is COC[C@H](O)CCNc1ccc(Br)cc1C#N. The summed E-state index contributed by atoms with van der Waals surface area (Å²) in [7, 11) is 1.55. The first kappa shape index (κ1) is 14.0. The smallest absolute Gasteiger partial charge is 0.101 e. The van der Waals surface area contributed by atoms with E-state index in [0.29, 0.717) is 25.1 Å². The topological polar surface area (TPSA) is 65.3 Å². The van der Waals surface area contributed by atoms with Crippen LogP contribution in [0.1, 0.15) is 12.0 Å². The molecule has 0 bridgehead atoms. The normalized spacial score (nSPS) is 11.9. The van der Waals surface area contributed by atoms with Crippen molar-refractivity contribution in [2.45, 2.75) is 12.5 Å². The van der Waals surface area contributed by atoms with E-state index in [1.165, 1.54) is 0 Å². The molecule has 1 rings (SSSR count). The van der Waals surface area contributed by atoms with Crippen LogP contribution in [0.4, 0.5) is 5.69 Å². The molecule has 2 N–H and O–H groups in total. The van der Waals surface area contributed by atoms with E-state index in [1.807, 2.05) is 12.1 Å². The van der Waals surface area contributed by atoms with E-state index in [1.54, 1.807) is 13.2 Å². The molecule has 0 unspecified atom stereocenters. The Morgan fingerprint density at radius 2 is 2.35 bits per heavy atom. The van der Waals surface area contributed by atoms with Gasteiger partial charge in [0.05, 0.1) is 24.0 Å². The molecule has 0 radical (unpaired) electrons. The van der Waals surface area contributed by atoms with Gasteiger partial charge < -0.3 is 15.2 Å². The van der Waals surface area contributed by atoms with Crippen LogP contribution in [0.2, 0.25) is 0 Å². The molecule has 0 heterocycles. The average molecular weight is 299 g/mol. The van der Waals surface area contributed by atoms with Gasteiger partial charge in [0.2, 0.25) is 0 Å². The monoisotopic (exact) mass is 298 g/mol. The number of aliphatic hydroxyl groups excluding tert-OH is 1. The zero-order valence-electron chi connectivity index (χ0n) is 9.61. The lowest BCUT2D eigenvalue weighted by molar-refractivity contribution is 0.0615. The number of methoxy groups -OCH3 is 1. The highest BCUT2D eigenvalue weighted by Crippen LogP contribution is 2.20. The van der Waals surface area contributed by atoms with E-state index in [-0.39, 0.29) is 0 Å². The highest BCUT2D eigenvalue weighted by atomic mass is 79.9. The third-order valence-corrected chi connectivity index (χ3v) is 2.75. The zero-order chi connectivity index (χ0) is 12.7.